The highest BCUT2D eigenvalue weighted by Crippen LogP contribution is 2.52. The Kier molecular flexibility index (Phi) is 14.0. The molecular formula is C42H46N6O14S. The number of alkyl carbamates (subject to hydrolysis) is 1. The minimum Gasteiger partial charge on any atom is -0.456 e. The Bertz CT molecular complexity index is 2290. The predicted molar refractivity (Wildman–Crippen MR) is 224 cm³/mol. The summed E-state index contributed by atoms with van der Waals surface area (Å²) in [6, 6.07) is 15.7. The van der Waals surface area contributed by atoms with Gasteiger partial charge in [-0.2, -0.15) is 0 Å². The SMILES string of the molecule is C[C@@H](O)[C@H]1C(=O)N2C(C(=O)OCc3ccc([N+](=O)[O-])cc3)=C(S[C@H]3C[C@@H](CCC(C)(C)NC(=O)OCc4ccc([N+](=O)[O-])cc4)N(C(=O)OCc4ccc([N+](=O)[O-])cc4)C3)[C@H](C)[C@H]12. The summed E-state index contributed by atoms with van der Waals surface area (Å²) in [7, 11) is 0. The van der Waals surface area contributed by atoms with Gasteiger partial charge in [0, 0.05) is 70.6 Å². The normalized spacial score (nSPS) is 21.0. The number of thioether (sulfide) groups is 1. The van der Waals surface area contributed by atoms with Crippen LogP contribution in [0.3, 0.4) is 0 Å². The molecule has 3 heterocycles. The molecule has 3 aliphatic rings. The number of amides is 3. The van der Waals surface area contributed by atoms with Gasteiger partial charge in [-0.15, -0.1) is 11.8 Å². The molecule has 21 heteroatoms. The van der Waals surface area contributed by atoms with E-state index >= 15 is 0 Å². The number of aliphatic hydroxyl groups excluding tert-OH is 1. The third kappa shape index (κ3) is 10.7. The lowest BCUT2D eigenvalue weighted by Crippen LogP contribution is -2.63. The topological polar surface area (TPSA) is 264 Å². The van der Waals surface area contributed by atoms with Crippen molar-refractivity contribution >= 4 is 52.9 Å². The molecule has 0 aromatic heterocycles. The van der Waals surface area contributed by atoms with Crippen LogP contribution in [0.1, 0.15) is 63.6 Å². The molecule has 2 fully saturated rings. The Hall–Kier alpha value is -6.61. The van der Waals surface area contributed by atoms with Gasteiger partial charge in [-0.3, -0.25) is 35.1 Å². The highest BCUT2D eigenvalue weighted by Gasteiger charge is 2.60. The molecule has 20 nitrogen and oxygen atoms in total. The van der Waals surface area contributed by atoms with Gasteiger partial charge >= 0.3 is 18.2 Å². The molecule has 6 rings (SSSR count). The van der Waals surface area contributed by atoms with Crippen LogP contribution in [0.15, 0.2) is 83.4 Å². The molecule has 2 saturated heterocycles. The number of nitro groups is 3. The Balaban J connectivity index is 1.17. The van der Waals surface area contributed by atoms with Gasteiger partial charge in [-0.05, 0) is 93.1 Å². The number of aliphatic hydroxyl groups is 1. The molecule has 0 unspecified atom stereocenters. The number of rotatable bonds is 17. The summed E-state index contributed by atoms with van der Waals surface area (Å²) in [5, 5.41) is 46.3. The van der Waals surface area contributed by atoms with E-state index in [1.165, 1.54) is 96.4 Å². The first kappa shape index (κ1) is 45.9. The van der Waals surface area contributed by atoms with E-state index in [2.05, 4.69) is 5.32 Å². The number of nitro benzene ring substituents is 3. The summed E-state index contributed by atoms with van der Waals surface area (Å²) in [6.07, 6.45) is -1.20. The number of nitrogens with one attached hydrogen (secondary N) is 1. The second-order valence-electron chi connectivity index (χ2n) is 16.3. The van der Waals surface area contributed by atoms with Gasteiger partial charge in [0.15, 0.2) is 0 Å². The standard InChI is InChI=1S/C42H46N6O14S/c1-24-35-34(25(2)49)38(50)45(35)36(39(51)60-21-26-5-11-29(12-6-26)46(54)55)37(24)63-33-19-32(44(20-33)41(53)62-23-28-9-15-31(16-10-28)48(58)59)17-18-42(3,4)43-40(52)61-22-27-7-13-30(14-8-27)47(56)57/h5-16,24-25,32-35,49H,17-23H2,1-4H3,(H,43,52)/t24-,25-,32-,33+,34-,35-/m1/s1. The van der Waals surface area contributed by atoms with Crippen LogP contribution in [-0.4, -0.2) is 89.3 Å². The summed E-state index contributed by atoms with van der Waals surface area (Å²) >= 11 is 1.33. The van der Waals surface area contributed by atoms with Crippen molar-refractivity contribution in [3.63, 3.8) is 0 Å². The summed E-state index contributed by atoms with van der Waals surface area (Å²) in [5.74, 6) is -2.37. The van der Waals surface area contributed by atoms with Crippen molar-refractivity contribution in [2.45, 2.75) is 95.8 Å². The fourth-order valence-electron chi connectivity index (χ4n) is 7.94. The maximum absolute atomic E-state index is 13.9. The van der Waals surface area contributed by atoms with Crippen LogP contribution >= 0.6 is 11.8 Å². The van der Waals surface area contributed by atoms with Gasteiger partial charge in [0.25, 0.3) is 17.1 Å². The molecule has 0 saturated carbocycles. The lowest BCUT2D eigenvalue weighted by atomic mass is 9.79. The summed E-state index contributed by atoms with van der Waals surface area (Å²) in [5.41, 5.74) is 0.415. The van der Waals surface area contributed by atoms with Crippen molar-refractivity contribution in [3.8, 4) is 0 Å². The van der Waals surface area contributed by atoms with Crippen LogP contribution in [0.4, 0.5) is 26.7 Å². The Morgan fingerprint density at radius 2 is 1.30 bits per heavy atom. The lowest BCUT2D eigenvalue weighted by Gasteiger charge is -2.46. The third-order valence-corrected chi connectivity index (χ3v) is 12.8. The first-order chi connectivity index (χ1) is 29.8. The van der Waals surface area contributed by atoms with Crippen molar-refractivity contribution < 1.29 is 53.3 Å². The van der Waals surface area contributed by atoms with Gasteiger partial charge in [0.2, 0.25) is 5.91 Å². The van der Waals surface area contributed by atoms with E-state index in [4.69, 9.17) is 14.2 Å². The molecular weight excluding hydrogens is 845 g/mol. The Morgan fingerprint density at radius 1 is 0.825 bits per heavy atom. The number of likely N-dealkylation sites (tertiary alicyclic amines) is 1. The van der Waals surface area contributed by atoms with Crippen molar-refractivity contribution in [2.24, 2.45) is 11.8 Å². The number of hydrogen-bond acceptors (Lipinski definition) is 15. The molecule has 0 aliphatic carbocycles. The zero-order chi connectivity index (χ0) is 45.7. The average molecular weight is 891 g/mol. The quantitative estimate of drug-likeness (QED) is 0.0480. The number of carbonyl (C=O) groups excluding carboxylic acids is 4. The number of fused-ring (bicyclic) bond motifs is 1. The van der Waals surface area contributed by atoms with Crippen LogP contribution in [0.25, 0.3) is 0 Å². The number of ether oxygens (including phenoxy) is 3. The van der Waals surface area contributed by atoms with Crippen LogP contribution in [0.2, 0.25) is 0 Å². The van der Waals surface area contributed by atoms with E-state index in [0.717, 1.165) is 0 Å². The minimum atomic E-state index is -0.989. The molecule has 3 aromatic carbocycles. The monoisotopic (exact) mass is 890 g/mol. The molecule has 63 heavy (non-hydrogen) atoms. The summed E-state index contributed by atoms with van der Waals surface area (Å²) in [4.78, 5) is 89.1. The van der Waals surface area contributed by atoms with Crippen molar-refractivity contribution in [2.75, 3.05) is 6.54 Å². The van der Waals surface area contributed by atoms with E-state index in [1.54, 1.807) is 18.7 Å². The molecule has 2 N–H and O–H groups in total. The maximum atomic E-state index is 13.9. The zero-order valence-corrected chi connectivity index (χ0v) is 35.6. The fraction of sp³-hybridized carbons (Fsp3) is 0.429. The van der Waals surface area contributed by atoms with E-state index < -0.39 is 74.4 Å². The summed E-state index contributed by atoms with van der Waals surface area (Å²) < 4.78 is 16.7. The van der Waals surface area contributed by atoms with Gasteiger partial charge in [0.05, 0.1) is 32.8 Å². The predicted octanol–water partition coefficient (Wildman–Crippen LogP) is 6.52. The highest BCUT2D eigenvalue weighted by atomic mass is 32.2. The van der Waals surface area contributed by atoms with E-state index in [-0.39, 0.29) is 54.4 Å². The molecule has 3 aliphatic heterocycles. The smallest absolute Gasteiger partial charge is 0.410 e. The zero-order valence-electron chi connectivity index (χ0n) is 34.7. The van der Waals surface area contributed by atoms with Gasteiger partial charge < -0.3 is 34.4 Å². The average Bonchev–Trinajstić information content (AvgIpc) is 3.76. The van der Waals surface area contributed by atoms with E-state index in [9.17, 15) is 54.6 Å². The van der Waals surface area contributed by atoms with Crippen LogP contribution < -0.4 is 5.32 Å². The molecule has 334 valence electrons. The number of nitrogens with zero attached hydrogens (tertiary/aromatic N) is 5. The lowest BCUT2D eigenvalue weighted by molar-refractivity contribution is -0.385. The van der Waals surface area contributed by atoms with Crippen LogP contribution in [0.5, 0.6) is 0 Å². The number of esters is 1. The number of β-lactam (4-membered cyclic amide) rings is 1. The molecule has 6 atom stereocenters. The molecule has 3 amide bonds. The van der Waals surface area contributed by atoms with Crippen molar-refractivity contribution in [1.29, 1.82) is 0 Å². The van der Waals surface area contributed by atoms with Gasteiger partial charge in [-0.1, -0.05) is 6.92 Å². The first-order valence-electron chi connectivity index (χ1n) is 20.0. The van der Waals surface area contributed by atoms with Gasteiger partial charge in [-0.25, -0.2) is 14.4 Å². The first-order valence-corrected chi connectivity index (χ1v) is 20.9. The van der Waals surface area contributed by atoms with Crippen molar-refractivity contribution in [3.05, 3.63) is 130 Å². The minimum absolute atomic E-state index is 0.0367. The molecule has 0 bridgehead atoms. The van der Waals surface area contributed by atoms with E-state index in [1.807, 2.05) is 6.92 Å². The molecule has 0 spiro atoms. The number of non-ortho nitro benzene ring substituents is 3. The molecule has 0 radical (unpaired) electrons. The van der Waals surface area contributed by atoms with Crippen LogP contribution in [-0.2, 0) is 43.6 Å². The van der Waals surface area contributed by atoms with Gasteiger partial charge in [0.1, 0.15) is 25.5 Å². The van der Waals surface area contributed by atoms with E-state index in [0.29, 0.717) is 40.9 Å². The Labute approximate surface area is 365 Å². The van der Waals surface area contributed by atoms with Crippen molar-refractivity contribution in [1.82, 2.24) is 15.1 Å². The second kappa shape index (κ2) is 19.2. The third-order valence-electron chi connectivity index (χ3n) is 11.3. The largest absolute Gasteiger partial charge is 0.456 e. The Morgan fingerprint density at radius 3 is 1.78 bits per heavy atom. The second-order valence-corrected chi connectivity index (χ2v) is 17.6. The highest BCUT2D eigenvalue weighted by molar-refractivity contribution is 8.03. The number of carbonyl (C=O) groups is 4. The fourth-order valence-corrected chi connectivity index (χ4v) is 9.50. The number of hydrogen-bond donors (Lipinski definition) is 2. The number of benzene rings is 3. The molecule has 3 aromatic rings. The summed E-state index contributed by atoms with van der Waals surface area (Å²) in [6.45, 7) is 6.59. The maximum Gasteiger partial charge on any atom is 0.410 e. The van der Waals surface area contributed by atoms with Crippen LogP contribution in [0, 0.1) is 42.2 Å².